The van der Waals surface area contributed by atoms with Crippen molar-refractivity contribution in [3.63, 3.8) is 0 Å². The Kier molecular flexibility index (Phi) is 2.81. The van der Waals surface area contributed by atoms with Gasteiger partial charge in [-0.25, -0.2) is 0 Å². The summed E-state index contributed by atoms with van der Waals surface area (Å²) in [4.78, 5) is 0. The van der Waals surface area contributed by atoms with Gasteiger partial charge in [0.15, 0.2) is 11.5 Å². The van der Waals surface area contributed by atoms with Crippen LogP contribution in [0.3, 0.4) is 0 Å². The van der Waals surface area contributed by atoms with Gasteiger partial charge < -0.3 is 19.5 Å². The third kappa shape index (κ3) is 2.31. The van der Waals surface area contributed by atoms with Crippen LogP contribution in [0.2, 0.25) is 0 Å². The van der Waals surface area contributed by atoms with E-state index in [9.17, 15) is 0 Å². The molecule has 1 heterocycles. The minimum absolute atomic E-state index is 0.586. The molecule has 17 heavy (non-hydrogen) atoms. The van der Waals surface area contributed by atoms with Crippen LogP contribution in [0.25, 0.3) is 0 Å². The first-order chi connectivity index (χ1) is 8.36. The van der Waals surface area contributed by atoms with Crippen molar-refractivity contribution in [1.82, 2.24) is 5.32 Å². The molecule has 1 aliphatic carbocycles. The van der Waals surface area contributed by atoms with Gasteiger partial charge in [0.05, 0.1) is 7.11 Å². The number of ether oxygens (including phenoxy) is 3. The highest BCUT2D eigenvalue weighted by Crippen LogP contribution is 2.40. The van der Waals surface area contributed by atoms with E-state index in [1.165, 1.54) is 18.4 Å². The van der Waals surface area contributed by atoms with Gasteiger partial charge in [0.2, 0.25) is 5.75 Å². The molecule has 0 radical (unpaired) electrons. The molecule has 3 rings (SSSR count). The van der Waals surface area contributed by atoms with E-state index in [1.54, 1.807) is 7.11 Å². The molecule has 1 fully saturated rings. The molecule has 1 aliphatic heterocycles. The fourth-order valence-corrected chi connectivity index (χ4v) is 1.98. The topological polar surface area (TPSA) is 39.7 Å². The molecule has 1 N–H and O–H groups in total. The van der Waals surface area contributed by atoms with E-state index in [1.807, 2.05) is 12.1 Å². The Morgan fingerprint density at radius 1 is 1.29 bits per heavy atom. The number of fused-ring (bicyclic) bond motifs is 1. The number of hydrogen-bond donors (Lipinski definition) is 1. The van der Waals surface area contributed by atoms with Crippen LogP contribution in [0.15, 0.2) is 12.1 Å². The second-order valence-corrected chi connectivity index (χ2v) is 4.48. The Morgan fingerprint density at radius 2 is 2.12 bits per heavy atom. The summed E-state index contributed by atoms with van der Waals surface area (Å²) in [6, 6.07) is 4.75. The summed E-state index contributed by atoms with van der Waals surface area (Å²) in [5.41, 5.74) is 1.18. The van der Waals surface area contributed by atoms with Crippen molar-refractivity contribution in [1.29, 1.82) is 0 Å². The quantitative estimate of drug-likeness (QED) is 0.862. The minimum atomic E-state index is 0.586. The first-order valence-corrected chi connectivity index (χ1v) is 6.06. The average Bonchev–Trinajstić information content (AvgIpc) is 3.19. The summed E-state index contributed by atoms with van der Waals surface area (Å²) in [5.74, 6) is 2.28. The fourth-order valence-electron chi connectivity index (χ4n) is 1.98. The molecular formula is C13H17NO3. The summed E-state index contributed by atoms with van der Waals surface area (Å²) < 4.78 is 16.5. The molecule has 0 spiro atoms. The molecule has 1 aromatic rings. The van der Waals surface area contributed by atoms with Crippen LogP contribution in [0.4, 0.5) is 0 Å². The summed E-state index contributed by atoms with van der Waals surface area (Å²) in [6.45, 7) is 2.05. The second-order valence-electron chi connectivity index (χ2n) is 4.48. The molecule has 0 amide bonds. The average molecular weight is 235 g/mol. The fraction of sp³-hybridized carbons (Fsp3) is 0.538. The lowest BCUT2D eigenvalue weighted by molar-refractivity contribution is 0.165. The van der Waals surface area contributed by atoms with Crippen LogP contribution in [-0.2, 0) is 6.54 Å². The lowest BCUT2D eigenvalue weighted by atomic mass is 10.1. The van der Waals surface area contributed by atoms with Gasteiger partial charge in [-0.15, -0.1) is 0 Å². The van der Waals surface area contributed by atoms with Crippen molar-refractivity contribution in [2.45, 2.75) is 25.4 Å². The summed E-state index contributed by atoms with van der Waals surface area (Å²) in [7, 11) is 1.66. The highest BCUT2D eigenvalue weighted by Gasteiger charge is 2.22. The monoisotopic (exact) mass is 235 g/mol. The van der Waals surface area contributed by atoms with E-state index in [2.05, 4.69) is 5.32 Å². The smallest absolute Gasteiger partial charge is 0.203 e. The summed E-state index contributed by atoms with van der Waals surface area (Å²) in [6.07, 6.45) is 2.59. The van der Waals surface area contributed by atoms with Gasteiger partial charge in [-0.3, -0.25) is 0 Å². The van der Waals surface area contributed by atoms with E-state index in [0.29, 0.717) is 19.3 Å². The molecule has 0 bridgehead atoms. The first kappa shape index (κ1) is 10.7. The van der Waals surface area contributed by atoms with Gasteiger partial charge in [0.1, 0.15) is 13.2 Å². The van der Waals surface area contributed by atoms with Crippen molar-refractivity contribution >= 4 is 0 Å². The first-order valence-electron chi connectivity index (χ1n) is 6.06. The maximum Gasteiger partial charge on any atom is 0.203 e. The molecule has 4 heteroatoms. The highest BCUT2D eigenvalue weighted by molar-refractivity contribution is 5.54. The van der Waals surface area contributed by atoms with E-state index in [4.69, 9.17) is 14.2 Å². The number of rotatable bonds is 4. The van der Waals surface area contributed by atoms with Gasteiger partial charge >= 0.3 is 0 Å². The standard InChI is InChI=1S/C13H17NO3/c1-15-11-6-9(8-14-10-2-3-10)7-12-13(11)17-5-4-16-12/h6-7,10,14H,2-5,8H2,1H3. The van der Waals surface area contributed by atoms with Crippen LogP contribution in [0, 0.1) is 0 Å². The minimum Gasteiger partial charge on any atom is -0.493 e. The zero-order valence-corrected chi connectivity index (χ0v) is 9.99. The van der Waals surface area contributed by atoms with Gasteiger partial charge in [-0.05, 0) is 30.5 Å². The number of hydrogen-bond acceptors (Lipinski definition) is 4. The van der Waals surface area contributed by atoms with Crippen LogP contribution in [0.5, 0.6) is 17.2 Å². The molecule has 0 atom stereocenters. The van der Waals surface area contributed by atoms with Crippen molar-refractivity contribution in [2.24, 2.45) is 0 Å². The third-order valence-corrected chi connectivity index (χ3v) is 3.06. The van der Waals surface area contributed by atoms with E-state index < -0.39 is 0 Å². The van der Waals surface area contributed by atoms with Crippen LogP contribution >= 0.6 is 0 Å². The maximum atomic E-state index is 5.60. The Hall–Kier alpha value is -1.42. The van der Waals surface area contributed by atoms with Crippen molar-refractivity contribution in [3.05, 3.63) is 17.7 Å². The molecule has 1 saturated carbocycles. The van der Waals surface area contributed by atoms with Crippen molar-refractivity contribution in [3.8, 4) is 17.2 Å². The van der Waals surface area contributed by atoms with Gasteiger partial charge in [-0.2, -0.15) is 0 Å². The van der Waals surface area contributed by atoms with Crippen LogP contribution < -0.4 is 19.5 Å². The number of benzene rings is 1. The molecule has 1 aromatic carbocycles. The van der Waals surface area contributed by atoms with E-state index in [0.717, 1.165) is 23.8 Å². The molecule has 0 aromatic heterocycles. The van der Waals surface area contributed by atoms with Crippen molar-refractivity contribution < 1.29 is 14.2 Å². The zero-order valence-electron chi connectivity index (χ0n) is 9.99. The normalized spacial score (nSPS) is 17.9. The summed E-state index contributed by atoms with van der Waals surface area (Å²) >= 11 is 0. The lowest BCUT2D eigenvalue weighted by Crippen LogP contribution is -2.18. The van der Waals surface area contributed by atoms with Crippen LogP contribution in [0.1, 0.15) is 18.4 Å². The lowest BCUT2D eigenvalue weighted by Gasteiger charge is -2.21. The Labute approximate surface area is 101 Å². The molecule has 0 unspecified atom stereocenters. The SMILES string of the molecule is COc1cc(CNC2CC2)cc2c1OCCO2. The molecule has 92 valence electrons. The molecule has 0 saturated heterocycles. The predicted octanol–water partition coefficient (Wildman–Crippen LogP) is 1.72. The third-order valence-electron chi connectivity index (χ3n) is 3.06. The summed E-state index contributed by atoms with van der Waals surface area (Å²) in [5, 5.41) is 3.48. The molecular weight excluding hydrogens is 218 g/mol. The van der Waals surface area contributed by atoms with Gasteiger partial charge in [-0.1, -0.05) is 0 Å². The highest BCUT2D eigenvalue weighted by atomic mass is 16.6. The van der Waals surface area contributed by atoms with Gasteiger partial charge in [0.25, 0.3) is 0 Å². The zero-order chi connectivity index (χ0) is 11.7. The van der Waals surface area contributed by atoms with Gasteiger partial charge in [0, 0.05) is 12.6 Å². The number of nitrogens with one attached hydrogen (secondary N) is 1. The van der Waals surface area contributed by atoms with E-state index >= 15 is 0 Å². The van der Waals surface area contributed by atoms with Crippen LogP contribution in [-0.4, -0.2) is 26.4 Å². The largest absolute Gasteiger partial charge is 0.493 e. The predicted molar refractivity (Wildman–Crippen MR) is 63.8 cm³/mol. The molecule has 2 aliphatic rings. The molecule has 4 nitrogen and oxygen atoms in total. The second kappa shape index (κ2) is 4.45. The van der Waals surface area contributed by atoms with E-state index in [-0.39, 0.29) is 0 Å². The van der Waals surface area contributed by atoms with Crippen molar-refractivity contribution in [2.75, 3.05) is 20.3 Å². The Morgan fingerprint density at radius 3 is 2.88 bits per heavy atom. The number of methoxy groups -OCH3 is 1. The Bertz CT molecular complexity index is 398. The maximum absolute atomic E-state index is 5.60. The Balaban J connectivity index is 1.82.